The summed E-state index contributed by atoms with van der Waals surface area (Å²) in [7, 11) is 0. The third-order valence-electron chi connectivity index (χ3n) is 5.59. The fourth-order valence-electron chi connectivity index (χ4n) is 3.66. The third kappa shape index (κ3) is 6.60. The molecule has 1 N–H and O–H groups in total. The molecule has 0 aliphatic heterocycles. The summed E-state index contributed by atoms with van der Waals surface area (Å²) in [5, 5.41) is 4.23. The number of rotatable bonds is 8. The van der Waals surface area contributed by atoms with Gasteiger partial charge in [-0.05, 0) is 54.1 Å². The average molecular weight is 506 g/mol. The maximum absolute atomic E-state index is 13.4. The number of carbonyl (C=O) groups is 2. The number of alkyl halides is 3. The van der Waals surface area contributed by atoms with Gasteiger partial charge in [-0.2, -0.15) is 13.2 Å². The van der Waals surface area contributed by atoms with Crippen LogP contribution in [0.4, 0.5) is 28.0 Å². The molecule has 1 fully saturated rings. The van der Waals surface area contributed by atoms with E-state index in [1.807, 2.05) is 17.5 Å². The van der Waals surface area contributed by atoms with E-state index >= 15 is 0 Å². The van der Waals surface area contributed by atoms with Gasteiger partial charge in [0.2, 0.25) is 5.91 Å². The van der Waals surface area contributed by atoms with Gasteiger partial charge in [0.1, 0.15) is 12.4 Å². The molecule has 10 heteroatoms. The van der Waals surface area contributed by atoms with Gasteiger partial charge in [0.15, 0.2) is 0 Å². The van der Waals surface area contributed by atoms with Gasteiger partial charge in [0.25, 0.3) is 0 Å². The van der Waals surface area contributed by atoms with Gasteiger partial charge in [-0.1, -0.05) is 30.3 Å². The van der Waals surface area contributed by atoms with Crippen molar-refractivity contribution >= 4 is 29.0 Å². The standard InChI is InChI=1S/C25H23F4N3O2S/c26-18-9-7-17(8-10-18)14-31(15-20-4-3-13-35-20)23(33)16-32(19-11-12-19)24(34)30-22-6-2-1-5-21(22)25(27,28)29/h1-10,13,19H,11-12,14-16H2,(H,30,34). The molecule has 1 aromatic heterocycles. The molecule has 0 spiro atoms. The predicted octanol–water partition coefficient (Wildman–Crippen LogP) is 6.13. The minimum atomic E-state index is -4.63. The summed E-state index contributed by atoms with van der Waals surface area (Å²) in [4.78, 5) is 30.1. The first-order valence-corrected chi connectivity index (χ1v) is 11.9. The van der Waals surface area contributed by atoms with Crippen molar-refractivity contribution in [1.82, 2.24) is 9.80 Å². The number of carbonyl (C=O) groups excluding carboxylic acids is 2. The van der Waals surface area contributed by atoms with Crippen LogP contribution >= 0.6 is 11.3 Å². The predicted molar refractivity (Wildman–Crippen MR) is 125 cm³/mol. The number of urea groups is 1. The second kappa shape index (κ2) is 10.5. The summed E-state index contributed by atoms with van der Waals surface area (Å²) in [5.74, 6) is -0.741. The monoisotopic (exact) mass is 505 g/mol. The number of hydrogen-bond acceptors (Lipinski definition) is 3. The van der Waals surface area contributed by atoms with Gasteiger partial charge in [-0.15, -0.1) is 11.3 Å². The molecule has 1 heterocycles. The Kier molecular flexibility index (Phi) is 7.39. The van der Waals surface area contributed by atoms with E-state index in [2.05, 4.69) is 5.32 Å². The van der Waals surface area contributed by atoms with Crippen molar-refractivity contribution in [1.29, 1.82) is 0 Å². The molecule has 1 aliphatic rings. The first-order chi connectivity index (χ1) is 16.7. The lowest BCUT2D eigenvalue weighted by molar-refractivity contribution is -0.137. The van der Waals surface area contributed by atoms with Crippen molar-refractivity contribution in [2.75, 3.05) is 11.9 Å². The maximum Gasteiger partial charge on any atom is 0.418 e. The Morgan fingerprint density at radius 2 is 1.69 bits per heavy atom. The Balaban J connectivity index is 1.51. The van der Waals surface area contributed by atoms with E-state index in [4.69, 9.17) is 0 Å². The lowest BCUT2D eigenvalue weighted by Crippen LogP contribution is -2.45. The second-order valence-electron chi connectivity index (χ2n) is 8.29. The lowest BCUT2D eigenvalue weighted by Gasteiger charge is -2.28. The van der Waals surface area contributed by atoms with E-state index in [1.54, 1.807) is 17.0 Å². The number of hydrogen-bond donors (Lipinski definition) is 1. The van der Waals surface area contributed by atoms with Crippen LogP contribution in [0.1, 0.15) is 28.8 Å². The van der Waals surface area contributed by atoms with Crippen molar-refractivity contribution in [3.8, 4) is 0 Å². The molecule has 0 unspecified atom stereocenters. The maximum atomic E-state index is 13.4. The van der Waals surface area contributed by atoms with E-state index in [0.29, 0.717) is 19.4 Å². The van der Waals surface area contributed by atoms with Crippen LogP contribution in [0.3, 0.4) is 0 Å². The number of benzene rings is 2. The van der Waals surface area contributed by atoms with Crippen LogP contribution in [0.5, 0.6) is 0 Å². The number of thiophene rings is 1. The third-order valence-corrected chi connectivity index (χ3v) is 6.46. The highest BCUT2D eigenvalue weighted by Gasteiger charge is 2.37. The smallest absolute Gasteiger partial charge is 0.332 e. The molecule has 4 rings (SSSR count). The molecule has 3 aromatic rings. The van der Waals surface area contributed by atoms with Crippen molar-refractivity contribution in [3.63, 3.8) is 0 Å². The number of anilines is 1. The Labute approximate surface area is 204 Å². The van der Waals surface area contributed by atoms with E-state index in [1.165, 1.54) is 46.6 Å². The minimum Gasteiger partial charge on any atom is -0.332 e. The molecule has 1 saturated carbocycles. The number of halogens is 4. The quantitative estimate of drug-likeness (QED) is 0.375. The molecular formula is C25H23F4N3O2S. The van der Waals surface area contributed by atoms with Gasteiger partial charge >= 0.3 is 12.2 Å². The van der Waals surface area contributed by atoms with Gasteiger partial charge in [-0.3, -0.25) is 4.79 Å². The van der Waals surface area contributed by atoms with Gasteiger partial charge in [0.05, 0.1) is 17.8 Å². The lowest BCUT2D eigenvalue weighted by atomic mass is 10.1. The van der Waals surface area contributed by atoms with E-state index < -0.39 is 17.8 Å². The zero-order chi connectivity index (χ0) is 25.0. The molecule has 0 atom stereocenters. The summed E-state index contributed by atoms with van der Waals surface area (Å²) < 4.78 is 53.4. The summed E-state index contributed by atoms with van der Waals surface area (Å²) in [6.45, 7) is 0.218. The number of nitrogens with one attached hydrogen (secondary N) is 1. The van der Waals surface area contributed by atoms with E-state index in [-0.39, 0.29) is 36.5 Å². The fourth-order valence-corrected chi connectivity index (χ4v) is 4.38. The largest absolute Gasteiger partial charge is 0.418 e. The molecule has 3 amide bonds. The summed E-state index contributed by atoms with van der Waals surface area (Å²) in [6, 6.07) is 13.3. The molecule has 5 nitrogen and oxygen atoms in total. The Morgan fingerprint density at radius 1 is 0.971 bits per heavy atom. The first-order valence-electron chi connectivity index (χ1n) is 11.0. The van der Waals surface area contributed by atoms with Crippen molar-refractivity contribution in [2.45, 2.75) is 38.1 Å². The highest BCUT2D eigenvalue weighted by molar-refractivity contribution is 7.09. The zero-order valence-electron chi connectivity index (χ0n) is 18.6. The number of para-hydroxylation sites is 1. The van der Waals surface area contributed by atoms with Crippen LogP contribution in [-0.2, 0) is 24.1 Å². The Hall–Kier alpha value is -3.40. The highest BCUT2D eigenvalue weighted by Crippen LogP contribution is 2.35. The van der Waals surface area contributed by atoms with Crippen LogP contribution < -0.4 is 5.32 Å². The van der Waals surface area contributed by atoms with Crippen LogP contribution in [-0.4, -0.2) is 34.3 Å². The van der Waals surface area contributed by atoms with Crippen LogP contribution in [0, 0.1) is 5.82 Å². The molecule has 1 aliphatic carbocycles. The summed E-state index contributed by atoms with van der Waals surface area (Å²) >= 11 is 1.48. The molecule has 2 aromatic carbocycles. The normalized spacial score (nSPS) is 13.4. The van der Waals surface area contributed by atoms with Crippen molar-refractivity contribution < 1.29 is 27.2 Å². The van der Waals surface area contributed by atoms with Gasteiger partial charge in [-0.25, -0.2) is 9.18 Å². The van der Waals surface area contributed by atoms with E-state index in [9.17, 15) is 27.2 Å². The van der Waals surface area contributed by atoms with Gasteiger partial charge in [0, 0.05) is 17.5 Å². The minimum absolute atomic E-state index is 0.202. The van der Waals surface area contributed by atoms with Crippen molar-refractivity contribution in [2.24, 2.45) is 0 Å². The fraction of sp³-hybridized carbons (Fsp3) is 0.280. The Morgan fingerprint density at radius 3 is 2.31 bits per heavy atom. The summed E-state index contributed by atoms with van der Waals surface area (Å²) in [6.07, 6.45) is -3.29. The molecular weight excluding hydrogens is 482 g/mol. The topological polar surface area (TPSA) is 52.7 Å². The van der Waals surface area contributed by atoms with Crippen molar-refractivity contribution in [3.05, 3.63) is 87.9 Å². The zero-order valence-corrected chi connectivity index (χ0v) is 19.4. The first kappa shape index (κ1) is 24.7. The van der Waals surface area contributed by atoms with Crippen LogP contribution in [0.15, 0.2) is 66.0 Å². The van der Waals surface area contributed by atoms with Crippen LogP contribution in [0.25, 0.3) is 0 Å². The molecule has 0 saturated heterocycles. The summed E-state index contributed by atoms with van der Waals surface area (Å²) in [5.41, 5.74) is -0.589. The SMILES string of the molecule is O=C(CN(C(=O)Nc1ccccc1C(F)(F)F)C1CC1)N(Cc1ccc(F)cc1)Cc1cccs1. The second-order valence-corrected chi connectivity index (χ2v) is 9.32. The molecule has 0 radical (unpaired) electrons. The molecule has 0 bridgehead atoms. The highest BCUT2D eigenvalue weighted by atomic mass is 32.1. The Bertz CT molecular complexity index is 1160. The molecule has 184 valence electrons. The number of nitrogens with zero attached hydrogens (tertiary/aromatic N) is 2. The molecule has 35 heavy (non-hydrogen) atoms. The number of amides is 3. The average Bonchev–Trinajstić information content (AvgIpc) is 3.53. The van der Waals surface area contributed by atoms with E-state index in [0.717, 1.165) is 16.5 Å². The van der Waals surface area contributed by atoms with Gasteiger partial charge < -0.3 is 15.1 Å². The van der Waals surface area contributed by atoms with Crippen LogP contribution in [0.2, 0.25) is 0 Å².